The molecule has 18 heavy (non-hydrogen) atoms. The van der Waals surface area contributed by atoms with Crippen LogP contribution < -0.4 is 5.32 Å². The van der Waals surface area contributed by atoms with E-state index in [0.29, 0.717) is 10.9 Å². The van der Waals surface area contributed by atoms with Crippen LogP contribution in [0.25, 0.3) is 0 Å². The zero-order valence-corrected chi connectivity index (χ0v) is 11.0. The van der Waals surface area contributed by atoms with Crippen molar-refractivity contribution in [1.82, 2.24) is 4.90 Å². The third kappa shape index (κ3) is 2.81. The Labute approximate surface area is 109 Å². The van der Waals surface area contributed by atoms with Crippen molar-refractivity contribution >= 4 is 28.3 Å². The quantitative estimate of drug-likeness (QED) is 0.866. The van der Waals surface area contributed by atoms with Crippen molar-refractivity contribution in [3.05, 3.63) is 17.0 Å². The second kappa shape index (κ2) is 5.39. The molecule has 1 aromatic rings. The number of likely N-dealkylation sites (tertiary alicyclic amines) is 1. The van der Waals surface area contributed by atoms with Crippen molar-refractivity contribution in [3.63, 3.8) is 0 Å². The molecule has 0 radical (unpaired) electrons. The fraction of sp³-hybridized carbons (Fsp3) is 0.500. The summed E-state index contributed by atoms with van der Waals surface area (Å²) in [6.07, 6.45) is 2.15. The fourth-order valence-electron chi connectivity index (χ4n) is 2.12. The van der Waals surface area contributed by atoms with Gasteiger partial charge in [0.2, 0.25) is 0 Å². The first kappa shape index (κ1) is 12.9. The number of carboxylic acids is 1. The molecule has 1 fully saturated rings. The number of carbonyl (C=O) groups is 2. The number of amides is 2. The van der Waals surface area contributed by atoms with Gasteiger partial charge in [-0.05, 0) is 30.2 Å². The average Bonchev–Trinajstić information content (AvgIpc) is 2.77. The van der Waals surface area contributed by atoms with E-state index in [1.165, 1.54) is 17.4 Å². The highest BCUT2D eigenvalue weighted by atomic mass is 32.1. The number of piperidine rings is 1. The average molecular weight is 268 g/mol. The molecule has 2 amide bonds. The van der Waals surface area contributed by atoms with Crippen LogP contribution in [0.15, 0.2) is 11.4 Å². The van der Waals surface area contributed by atoms with Crippen molar-refractivity contribution in [2.75, 3.05) is 18.4 Å². The summed E-state index contributed by atoms with van der Waals surface area (Å²) >= 11 is 1.23. The molecule has 1 aliphatic heterocycles. The van der Waals surface area contributed by atoms with Crippen LogP contribution in [0.4, 0.5) is 9.80 Å². The first-order chi connectivity index (χ1) is 8.58. The molecule has 0 saturated carbocycles. The van der Waals surface area contributed by atoms with Crippen LogP contribution in [-0.4, -0.2) is 35.1 Å². The minimum absolute atomic E-state index is 0.151. The smallest absolute Gasteiger partial charge is 0.338 e. The Balaban J connectivity index is 2.02. The minimum Gasteiger partial charge on any atom is -0.478 e. The summed E-state index contributed by atoms with van der Waals surface area (Å²) in [5.74, 6) is -0.509. The second-order valence-corrected chi connectivity index (χ2v) is 5.51. The number of anilines is 1. The highest BCUT2D eigenvalue weighted by Gasteiger charge is 2.22. The maximum Gasteiger partial charge on any atom is 0.338 e. The SMILES string of the molecule is CC1CCCN(C(=O)Nc2sccc2C(=O)O)C1. The Morgan fingerprint density at radius 1 is 1.56 bits per heavy atom. The minimum atomic E-state index is -1.02. The topological polar surface area (TPSA) is 69.6 Å². The molecule has 0 aromatic carbocycles. The molecule has 1 saturated heterocycles. The van der Waals surface area contributed by atoms with Gasteiger partial charge in [-0.3, -0.25) is 5.32 Å². The van der Waals surface area contributed by atoms with Gasteiger partial charge in [-0.1, -0.05) is 6.92 Å². The van der Waals surface area contributed by atoms with Crippen LogP contribution in [-0.2, 0) is 0 Å². The van der Waals surface area contributed by atoms with Crippen LogP contribution in [0.1, 0.15) is 30.1 Å². The summed E-state index contributed by atoms with van der Waals surface area (Å²) in [5.41, 5.74) is 0.151. The number of nitrogens with zero attached hydrogens (tertiary/aromatic N) is 1. The van der Waals surface area contributed by atoms with Gasteiger partial charge in [0.05, 0.1) is 5.56 Å². The van der Waals surface area contributed by atoms with Crippen LogP contribution in [0.2, 0.25) is 0 Å². The fourth-order valence-corrected chi connectivity index (χ4v) is 2.89. The maximum atomic E-state index is 12.0. The van der Waals surface area contributed by atoms with Gasteiger partial charge in [0, 0.05) is 13.1 Å². The van der Waals surface area contributed by atoms with Crippen molar-refractivity contribution < 1.29 is 14.7 Å². The Bertz CT molecular complexity index is 458. The first-order valence-electron chi connectivity index (χ1n) is 5.94. The first-order valence-corrected chi connectivity index (χ1v) is 6.82. The molecule has 2 N–H and O–H groups in total. The van der Waals surface area contributed by atoms with Crippen LogP contribution in [0.3, 0.4) is 0 Å². The van der Waals surface area contributed by atoms with E-state index >= 15 is 0 Å². The Hall–Kier alpha value is -1.56. The lowest BCUT2D eigenvalue weighted by Crippen LogP contribution is -2.41. The third-order valence-corrected chi connectivity index (χ3v) is 3.89. The van der Waals surface area contributed by atoms with Crippen molar-refractivity contribution in [2.45, 2.75) is 19.8 Å². The van der Waals surface area contributed by atoms with Crippen LogP contribution in [0, 0.1) is 5.92 Å². The van der Waals surface area contributed by atoms with Crippen molar-refractivity contribution in [1.29, 1.82) is 0 Å². The van der Waals surface area contributed by atoms with E-state index in [4.69, 9.17) is 5.11 Å². The largest absolute Gasteiger partial charge is 0.478 e. The summed E-state index contributed by atoms with van der Waals surface area (Å²) in [7, 11) is 0. The zero-order chi connectivity index (χ0) is 13.1. The van der Waals surface area contributed by atoms with Gasteiger partial charge in [0.25, 0.3) is 0 Å². The van der Waals surface area contributed by atoms with Gasteiger partial charge >= 0.3 is 12.0 Å². The van der Waals surface area contributed by atoms with Gasteiger partial charge in [-0.15, -0.1) is 11.3 Å². The monoisotopic (exact) mass is 268 g/mol. The summed E-state index contributed by atoms with van der Waals surface area (Å²) in [4.78, 5) is 24.7. The number of urea groups is 1. The number of carboxylic acid groups (broad SMARTS) is 1. The molecule has 1 aliphatic rings. The molecule has 2 heterocycles. The summed E-state index contributed by atoms with van der Waals surface area (Å²) in [5, 5.41) is 13.7. The summed E-state index contributed by atoms with van der Waals surface area (Å²) < 4.78 is 0. The summed E-state index contributed by atoms with van der Waals surface area (Å²) in [6.45, 7) is 3.59. The molecule has 2 rings (SSSR count). The highest BCUT2D eigenvalue weighted by Crippen LogP contribution is 2.24. The van der Waals surface area contributed by atoms with E-state index in [2.05, 4.69) is 12.2 Å². The molecular formula is C12H16N2O3S. The molecule has 0 aliphatic carbocycles. The van der Waals surface area contributed by atoms with E-state index in [-0.39, 0.29) is 11.6 Å². The Morgan fingerprint density at radius 3 is 3.00 bits per heavy atom. The van der Waals surface area contributed by atoms with Gasteiger partial charge in [-0.25, -0.2) is 9.59 Å². The van der Waals surface area contributed by atoms with Gasteiger partial charge in [0.15, 0.2) is 0 Å². The molecule has 5 nitrogen and oxygen atoms in total. The number of hydrogen-bond donors (Lipinski definition) is 2. The molecule has 0 spiro atoms. The van der Waals surface area contributed by atoms with E-state index < -0.39 is 5.97 Å². The van der Waals surface area contributed by atoms with E-state index in [9.17, 15) is 9.59 Å². The molecule has 98 valence electrons. The molecule has 6 heteroatoms. The molecule has 0 bridgehead atoms. The lowest BCUT2D eigenvalue weighted by Gasteiger charge is -2.30. The normalized spacial score (nSPS) is 19.6. The third-order valence-electron chi connectivity index (χ3n) is 3.06. The number of hydrogen-bond acceptors (Lipinski definition) is 3. The predicted molar refractivity (Wildman–Crippen MR) is 70.3 cm³/mol. The lowest BCUT2D eigenvalue weighted by atomic mass is 10.0. The standard InChI is InChI=1S/C12H16N2O3S/c1-8-3-2-5-14(7-8)12(17)13-10-9(11(15)16)4-6-18-10/h4,6,8H,2-3,5,7H2,1H3,(H,13,17)(H,15,16). The molecule has 1 atom stereocenters. The lowest BCUT2D eigenvalue weighted by molar-refractivity contribution is 0.0698. The van der Waals surface area contributed by atoms with Crippen LogP contribution in [0.5, 0.6) is 0 Å². The molecule has 1 aromatic heterocycles. The van der Waals surface area contributed by atoms with Gasteiger partial charge in [-0.2, -0.15) is 0 Å². The Kier molecular flexibility index (Phi) is 3.86. The number of aromatic carboxylic acids is 1. The number of nitrogens with one attached hydrogen (secondary N) is 1. The second-order valence-electron chi connectivity index (χ2n) is 4.59. The van der Waals surface area contributed by atoms with E-state index in [1.54, 1.807) is 10.3 Å². The van der Waals surface area contributed by atoms with E-state index in [1.807, 2.05) is 0 Å². The van der Waals surface area contributed by atoms with Gasteiger partial charge < -0.3 is 10.0 Å². The molecule has 1 unspecified atom stereocenters. The zero-order valence-electron chi connectivity index (χ0n) is 10.2. The summed E-state index contributed by atoms with van der Waals surface area (Å²) in [6, 6.07) is 1.30. The maximum absolute atomic E-state index is 12.0. The van der Waals surface area contributed by atoms with Crippen molar-refractivity contribution in [3.8, 4) is 0 Å². The number of carbonyl (C=O) groups excluding carboxylic acids is 1. The van der Waals surface area contributed by atoms with Gasteiger partial charge in [0.1, 0.15) is 5.00 Å². The highest BCUT2D eigenvalue weighted by molar-refractivity contribution is 7.14. The number of thiophene rings is 1. The number of rotatable bonds is 2. The molecular weight excluding hydrogens is 252 g/mol. The van der Waals surface area contributed by atoms with Crippen molar-refractivity contribution in [2.24, 2.45) is 5.92 Å². The Morgan fingerprint density at radius 2 is 2.33 bits per heavy atom. The predicted octanol–water partition coefficient (Wildman–Crippen LogP) is 2.71. The van der Waals surface area contributed by atoms with Crippen LogP contribution >= 0.6 is 11.3 Å². The van der Waals surface area contributed by atoms with E-state index in [0.717, 1.165) is 25.9 Å².